The summed E-state index contributed by atoms with van der Waals surface area (Å²) in [5.41, 5.74) is 5.99. The van der Waals surface area contributed by atoms with Gasteiger partial charge in [0.1, 0.15) is 11.8 Å². The molecule has 0 aliphatic carbocycles. The second-order valence-electron chi connectivity index (χ2n) is 2.65. The second kappa shape index (κ2) is 4.23. The number of nitriles is 1. The first-order valence-electron chi connectivity index (χ1n) is 3.95. The van der Waals surface area contributed by atoms with Crippen LogP contribution in [-0.2, 0) is 4.74 Å². The molecule has 1 aromatic rings. The average Bonchev–Trinajstić information content (AvgIpc) is 2.18. The zero-order chi connectivity index (χ0) is 10.6. The van der Waals surface area contributed by atoms with Gasteiger partial charge in [-0.15, -0.1) is 0 Å². The minimum Gasteiger partial charge on any atom is -0.443 e. The Labute approximate surface area is 81.1 Å². The summed E-state index contributed by atoms with van der Waals surface area (Å²) in [6, 6.07) is 4.77. The summed E-state index contributed by atoms with van der Waals surface area (Å²) < 4.78 is 4.72. The number of nitrogens with two attached hydrogens (primary N) is 1. The van der Waals surface area contributed by atoms with Crippen molar-refractivity contribution < 1.29 is 9.53 Å². The van der Waals surface area contributed by atoms with Crippen LogP contribution in [0.25, 0.3) is 0 Å². The number of nitrogen functional groups attached to an aromatic ring is 1. The third kappa shape index (κ3) is 2.45. The molecule has 0 saturated heterocycles. The number of anilines is 1. The Hall–Kier alpha value is -2.09. The van der Waals surface area contributed by atoms with Crippen molar-refractivity contribution in [1.82, 2.24) is 4.98 Å². The van der Waals surface area contributed by atoms with Crippen molar-refractivity contribution in [2.45, 2.75) is 13.0 Å². The van der Waals surface area contributed by atoms with Crippen LogP contribution in [0.5, 0.6) is 0 Å². The first kappa shape index (κ1) is 9.99. The molecule has 5 nitrogen and oxygen atoms in total. The SMILES string of the molecule is CC(C#N)OC(=O)c1ccc(N)cn1. The topological polar surface area (TPSA) is 89.0 Å². The summed E-state index contributed by atoms with van der Waals surface area (Å²) in [5.74, 6) is -0.626. The number of esters is 1. The standard InChI is InChI=1S/C9H9N3O2/c1-6(4-10)14-9(13)8-3-2-7(11)5-12-8/h2-3,5-6H,11H2,1H3. The van der Waals surface area contributed by atoms with E-state index in [-0.39, 0.29) is 5.69 Å². The molecule has 5 heteroatoms. The zero-order valence-electron chi connectivity index (χ0n) is 7.60. The molecular weight excluding hydrogens is 182 g/mol. The fourth-order valence-corrected chi connectivity index (χ4v) is 0.773. The van der Waals surface area contributed by atoms with Gasteiger partial charge in [-0.05, 0) is 19.1 Å². The van der Waals surface area contributed by atoms with E-state index in [2.05, 4.69) is 4.98 Å². The average molecular weight is 191 g/mol. The first-order chi connectivity index (χ1) is 6.63. The molecule has 0 fully saturated rings. The molecule has 1 unspecified atom stereocenters. The van der Waals surface area contributed by atoms with Crippen LogP contribution in [0.2, 0.25) is 0 Å². The highest BCUT2D eigenvalue weighted by atomic mass is 16.5. The van der Waals surface area contributed by atoms with Crippen molar-refractivity contribution in [2.24, 2.45) is 0 Å². The highest BCUT2D eigenvalue weighted by Gasteiger charge is 2.11. The summed E-state index contributed by atoms with van der Waals surface area (Å²) >= 11 is 0. The Morgan fingerprint density at radius 2 is 2.43 bits per heavy atom. The highest BCUT2D eigenvalue weighted by Crippen LogP contribution is 2.04. The smallest absolute Gasteiger partial charge is 0.358 e. The van der Waals surface area contributed by atoms with Gasteiger partial charge >= 0.3 is 5.97 Å². The Morgan fingerprint density at radius 1 is 1.71 bits per heavy atom. The molecule has 0 aliphatic heterocycles. The molecule has 0 spiro atoms. The molecule has 0 saturated carbocycles. The number of pyridine rings is 1. The molecular formula is C9H9N3O2. The van der Waals surface area contributed by atoms with Crippen molar-refractivity contribution in [3.05, 3.63) is 24.0 Å². The predicted molar refractivity (Wildman–Crippen MR) is 49.1 cm³/mol. The van der Waals surface area contributed by atoms with Crippen LogP contribution in [0, 0.1) is 11.3 Å². The lowest BCUT2D eigenvalue weighted by Crippen LogP contribution is -2.14. The third-order valence-electron chi connectivity index (χ3n) is 1.46. The van der Waals surface area contributed by atoms with Gasteiger partial charge in [0.2, 0.25) is 0 Å². The van der Waals surface area contributed by atoms with Gasteiger partial charge in [0.05, 0.1) is 11.9 Å². The number of nitrogens with zero attached hydrogens (tertiary/aromatic N) is 2. The van der Waals surface area contributed by atoms with E-state index in [1.165, 1.54) is 19.2 Å². The van der Waals surface area contributed by atoms with E-state index in [1.54, 1.807) is 12.1 Å². The van der Waals surface area contributed by atoms with Gasteiger partial charge in [-0.2, -0.15) is 5.26 Å². The monoisotopic (exact) mass is 191 g/mol. The fourth-order valence-electron chi connectivity index (χ4n) is 0.773. The Morgan fingerprint density at radius 3 is 2.93 bits per heavy atom. The predicted octanol–water partition coefficient (Wildman–Crippen LogP) is 0.733. The quantitative estimate of drug-likeness (QED) is 0.696. The first-order valence-corrected chi connectivity index (χ1v) is 3.95. The van der Waals surface area contributed by atoms with Crippen LogP contribution in [0.3, 0.4) is 0 Å². The number of aromatic nitrogens is 1. The van der Waals surface area contributed by atoms with Gasteiger partial charge in [0.25, 0.3) is 0 Å². The van der Waals surface area contributed by atoms with Gasteiger partial charge < -0.3 is 10.5 Å². The maximum Gasteiger partial charge on any atom is 0.358 e. The van der Waals surface area contributed by atoms with Crippen molar-refractivity contribution in [3.8, 4) is 6.07 Å². The molecule has 0 aliphatic rings. The third-order valence-corrected chi connectivity index (χ3v) is 1.46. The largest absolute Gasteiger partial charge is 0.443 e. The maximum atomic E-state index is 11.2. The maximum absolute atomic E-state index is 11.2. The van der Waals surface area contributed by atoms with Crippen LogP contribution in [0.4, 0.5) is 5.69 Å². The summed E-state index contributed by atoms with van der Waals surface area (Å²) in [4.78, 5) is 15.0. The van der Waals surface area contributed by atoms with E-state index >= 15 is 0 Å². The fraction of sp³-hybridized carbons (Fsp3) is 0.222. The molecule has 2 N–H and O–H groups in total. The number of carbonyl (C=O) groups is 1. The molecule has 1 atom stereocenters. The van der Waals surface area contributed by atoms with Crippen molar-refractivity contribution in [1.29, 1.82) is 5.26 Å². The van der Waals surface area contributed by atoms with Crippen molar-refractivity contribution in [2.75, 3.05) is 5.73 Å². The van der Waals surface area contributed by atoms with Gasteiger partial charge in [-0.25, -0.2) is 9.78 Å². The van der Waals surface area contributed by atoms with Crippen LogP contribution < -0.4 is 5.73 Å². The highest BCUT2D eigenvalue weighted by molar-refractivity contribution is 5.87. The molecule has 1 heterocycles. The molecule has 14 heavy (non-hydrogen) atoms. The normalized spacial score (nSPS) is 11.4. The van der Waals surface area contributed by atoms with Gasteiger partial charge in [-0.3, -0.25) is 0 Å². The Kier molecular flexibility index (Phi) is 3.02. The molecule has 0 radical (unpaired) electrons. The van der Waals surface area contributed by atoms with Crippen LogP contribution in [-0.4, -0.2) is 17.1 Å². The summed E-state index contributed by atoms with van der Waals surface area (Å²) in [7, 11) is 0. The number of rotatable bonds is 2. The number of hydrogen-bond donors (Lipinski definition) is 1. The van der Waals surface area contributed by atoms with Crippen molar-refractivity contribution >= 4 is 11.7 Å². The lowest BCUT2D eigenvalue weighted by Gasteiger charge is -2.04. The summed E-state index contributed by atoms with van der Waals surface area (Å²) in [6.07, 6.45) is 0.579. The minimum absolute atomic E-state index is 0.140. The van der Waals surface area contributed by atoms with Crippen LogP contribution in [0.1, 0.15) is 17.4 Å². The summed E-state index contributed by atoms with van der Waals surface area (Å²) in [6.45, 7) is 1.48. The molecule has 72 valence electrons. The van der Waals surface area contributed by atoms with Crippen LogP contribution >= 0.6 is 0 Å². The van der Waals surface area contributed by atoms with E-state index in [0.717, 1.165) is 0 Å². The van der Waals surface area contributed by atoms with Crippen LogP contribution in [0.15, 0.2) is 18.3 Å². The van der Waals surface area contributed by atoms with E-state index in [1.807, 2.05) is 0 Å². The van der Waals surface area contributed by atoms with Crippen molar-refractivity contribution in [3.63, 3.8) is 0 Å². The molecule has 0 bridgehead atoms. The van der Waals surface area contributed by atoms with E-state index in [4.69, 9.17) is 15.7 Å². The number of carbonyl (C=O) groups excluding carboxylic acids is 1. The van der Waals surface area contributed by atoms with E-state index in [9.17, 15) is 4.79 Å². The lowest BCUT2D eigenvalue weighted by molar-refractivity contribution is 0.0428. The summed E-state index contributed by atoms with van der Waals surface area (Å²) in [5, 5.41) is 8.41. The lowest BCUT2D eigenvalue weighted by atomic mass is 10.3. The molecule has 0 aromatic carbocycles. The van der Waals surface area contributed by atoms with Gasteiger partial charge in [0.15, 0.2) is 6.10 Å². The van der Waals surface area contributed by atoms with E-state index in [0.29, 0.717) is 5.69 Å². The second-order valence-corrected chi connectivity index (χ2v) is 2.65. The molecule has 1 rings (SSSR count). The van der Waals surface area contributed by atoms with Gasteiger partial charge in [-0.1, -0.05) is 0 Å². The Bertz CT molecular complexity index is 367. The molecule has 0 amide bonds. The van der Waals surface area contributed by atoms with Gasteiger partial charge in [0, 0.05) is 0 Å². The zero-order valence-corrected chi connectivity index (χ0v) is 7.60. The number of hydrogen-bond acceptors (Lipinski definition) is 5. The molecule has 1 aromatic heterocycles. The Balaban J connectivity index is 2.71. The number of ether oxygens (including phenoxy) is 1. The van der Waals surface area contributed by atoms with E-state index < -0.39 is 12.1 Å². The minimum atomic E-state index is -0.776.